The van der Waals surface area contributed by atoms with Crippen LogP contribution in [0.4, 0.5) is 11.4 Å². The molecule has 6 rings (SSSR count). The van der Waals surface area contributed by atoms with Crippen molar-refractivity contribution in [3.05, 3.63) is 55.0 Å². The van der Waals surface area contributed by atoms with Crippen molar-refractivity contribution in [2.45, 2.75) is 0 Å². The molecule has 0 radical (unpaired) electrons. The maximum Gasteiger partial charge on any atom is 0.139 e. The topological polar surface area (TPSA) is 103 Å². The zero-order chi connectivity index (χ0) is 21.7. The Hall–Kier alpha value is -3.91. The molecule has 1 aliphatic rings. The zero-order valence-corrected chi connectivity index (χ0v) is 17.8. The normalized spacial score (nSPS) is 15.1. The number of aromatic nitrogens is 5. The summed E-state index contributed by atoms with van der Waals surface area (Å²) in [4.78, 5) is 17.1. The Morgan fingerprint density at radius 3 is 2.66 bits per heavy atom. The van der Waals surface area contributed by atoms with E-state index in [1.807, 2.05) is 24.5 Å². The maximum absolute atomic E-state index is 5.94. The fourth-order valence-corrected chi connectivity index (χ4v) is 4.48. The number of likely N-dealkylation sites (N-methyl/N-ethyl adjacent to an activating group) is 1. The SMILES string of the molecule is CN1CCN(c2ccnc3[nH]c(-c4n[nH]c5ccc(-c6cncc(N)c6)cc45)cc23)CC1. The van der Waals surface area contributed by atoms with Gasteiger partial charge in [-0.1, -0.05) is 6.07 Å². The fraction of sp³-hybridized carbons (Fsp3) is 0.208. The molecule has 0 bridgehead atoms. The standard InChI is InChI=1S/C24H24N8/c1-31-6-8-32(9-7-31)22-4-5-27-24-19(22)12-21(28-24)23-18-11-15(2-3-20(18)29-30-23)16-10-17(25)14-26-13-16/h2-5,10-14H,6-9,25H2,1H3,(H,27,28)(H,29,30). The number of rotatable bonds is 3. The molecule has 160 valence electrons. The molecule has 5 aromatic rings. The number of aromatic amines is 2. The van der Waals surface area contributed by atoms with Gasteiger partial charge in [0, 0.05) is 66.8 Å². The molecule has 4 aromatic heterocycles. The number of anilines is 2. The van der Waals surface area contributed by atoms with Crippen LogP contribution in [0.5, 0.6) is 0 Å². The Bertz CT molecular complexity index is 1420. The summed E-state index contributed by atoms with van der Waals surface area (Å²) in [6.45, 7) is 4.15. The van der Waals surface area contributed by atoms with Gasteiger partial charge in [-0.15, -0.1) is 0 Å². The van der Waals surface area contributed by atoms with E-state index in [-0.39, 0.29) is 0 Å². The van der Waals surface area contributed by atoms with Crippen LogP contribution in [0, 0.1) is 0 Å². The van der Waals surface area contributed by atoms with Crippen LogP contribution in [0.25, 0.3) is 44.5 Å². The number of piperazine rings is 1. The molecule has 1 aliphatic heterocycles. The monoisotopic (exact) mass is 424 g/mol. The lowest BCUT2D eigenvalue weighted by Gasteiger charge is -2.34. The largest absolute Gasteiger partial charge is 0.397 e. The lowest BCUT2D eigenvalue weighted by Crippen LogP contribution is -2.44. The first kappa shape index (κ1) is 18.8. The van der Waals surface area contributed by atoms with Gasteiger partial charge in [0.1, 0.15) is 11.3 Å². The zero-order valence-electron chi connectivity index (χ0n) is 17.8. The van der Waals surface area contributed by atoms with Crippen LogP contribution in [-0.4, -0.2) is 63.3 Å². The lowest BCUT2D eigenvalue weighted by molar-refractivity contribution is 0.313. The number of fused-ring (bicyclic) bond motifs is 2. The van der Waals surface area contributed by atoms with Gasteiger partial charge in [0.15, 0.2) is 0 Å². The van der Waals surface area contributed by atoms with Crippen LogP contribution < -0.4 is 10.6 Å². The second-order valence-corrected chi connectivity index (χ2v) is 8.41. The molecule has 0 amide bonds. The van der Waals surface area contributed by atoms with Gasteiger partial charge in [0.25, 0.3) is 0 Å². The van der Waals surface area contributed by atoms with Crippen molar-refractivity contribution in [2.24, 2.45) is 0 Å². The van der Waals surface area contributed by atoms with Crippen molar-refractivity contribution in [1.82, 2.24) is 30.0 Å². The van der Waals surface area contributed by atoms with Gasteiger partial charge < -0.3 is 20.5 Å². The molecule has 1 aromatic carbocycles. The van der Waals surface area contributed by atoms with Gasteiger partial charge in [-0.3, -0.25) is 10.1 Å². The number of hydrogen-bond donors (Lipinski definition) is 3. The van der Waals surface area contributed by atoms with E-state index in [9.17, 15) is 0 Å². The van der Waals surface area contributed by atoms with Crippen molar-refractivity contribution in [3.8, 4) is 22.5 Å². The second kappa shape index (κ2) is 7.35. The molecular formula is C24H24N8. The molecule has 32 heavy (non-hydrogen) atoms. The highest BCUT2D eigenvalue weighted by molar-refractivity contribution is 5.99. The van der Waals surface area contributed by atoms with Gasteiger partial charge >= 0.3 is 0 Å². The Morgan fingerprint density at radius 2 is 1.81 bits per heavy atom. The van der Waals surface area contributed by atoms with E-state index in [1.54, 1.807) is 6.20 Å². The van der Waals surface area contributed by atoms with Crippen LogP contribution in [0.1, 0.15) is 0 Å². The summed E-state index contributed by atoms with van der Waals surface area (Å²) in [5.41, 5.74) is 13.5. The summed E-state index contributed by atoms with van der Waals surface area (Å²) in [5, 5.41) is 9.94. The number of nitrogens with zero attached hydrogens (tertiary/aromatic N) is 5. The highest BCUT2D eigenvalue weighted by Crippen LogP contribution is 2.34. The third-order valence-corrected chi connectivity index (χ3v) is 6.26. The minimum atomic E-state index is 0.646. The Kier molecular flexibility index (Phi) is 4.32. The maximum atomic E-state index is 5.94. The van der Waals surface area contributed by atoms with Crippen molar-refractivity contribution in [1.29, 1.82) is 0 Å². The van der Waals surface area contributed by atoms with Crippen LogP contribution >= 0.6 is 0 Å². The molecule has 0 spiro atoms. The third-order valence-electron chi connectivity index (χ3n) is 6.26. The minimum Gasteiger partial charge on any atom is -0.397 e. The van der Waals surface area contributed by atoms with Crippen molar-refractivity contribution < 1.29 is 0 Å². The van der Waals surface area contributed by atoms with Gasteiger partial charge in [0.05, 0.1) is 16.9 Å². The summed E-state index contributed by atoms with van der Waals surface area (Å²) < 4.78 is 0. The number of nitrogen functional groups attached to an aromatic ring is 1. The Labute approximate surface area is 185 Å². The van der Waals surface area contributed by atoms with Gasteiger partial charge in [0.2, 0.25) is 0 Å². The third kappa shape index (κ3) is 3.16. The summed E-state index contributed by atoms with van der Waals surface area (Å²) in [7, 11) is 2.17. The summed E-state index contributed by atoms with van der Waals surface area (Å²) in [5.74, 6) is 0. The average Bonchev–Trinajstić information content (AvgIpc) is 3.43. The van der Waals surface area contributed by atoms with E-state index in [2.05, 4.69) is 66.3 Å². The Balaban J connectivity index is 1.44. The first-order valence-corrected chi connectivity index (χ1v) is 10.8. The quantitative estimate of drug-likeness (QED) is 0.410. The fourth-order valence-electron chi connectivity index (χ4n) is 4.48. The van der Waals surface area contributed by atoms with E-state index in [1.165, 1.54) is 5.69 Å². The molecule has 8 nitrogen and oxygen atoms in total. The Morgan fingerprint density at radius 1 is 0.938 bits per heavy atom. The molecule has 0 aliphatic carbocycles. The second-order valence-electron chi connectivity index (χ2n) is 8.41. The number of nitrogens with two attached hydrogens (primary N) is 1. The molecule has 0 saturated carbocycles. The number of nitrogens with one attached hydrogen (secondary N) is 2. The molecule has 1 fully saturated rings. The van der Waals surface area contributed by atoms with Crippen molar-refractivity contribution >= 4 is 33.3 Å². The molecule has 1 saturated heterocycles. The first-order valence-electron chi connectivity index (χ1n) is 10.8. The number of hydrogen-bond acceptors (Lipinski definition) is 6. The molecule has 0 atom stereocenters. The van der Waals surface area contributed by atoms with E-state index >= 15 is 0 Å². The molecule has 8 heteroatoms. The molecule has 0 unspecified atom stereocenters. The molecule has 4 N–H and O–H groups in total. The summed E-state index contributed by atoms with van der Waals surface area (Å²) in [6, 6.07) is 12.4. The summed E-state index contributed by atoms with van der Waals surface area (Å²) >= 11 is 0. The van der Waals surface area contributed by atoms with E-state index < -0.39 is 0 Å². The average molecular weight is 425 g/mol. The van der Waals surface area contributed by atoms with Gasteiger partial charge in [-0.05, 0) is 42.9 Å². The lowest BCUT2D eigenvalue weighted by atomic mass is 10.0. The first-order chi connectivity index (χ1) is 15.7. The predicted molar refractivity (Wildman–Crippen MR) is 129 cm³/mol. The van der Waals surface area contributed by atoms with Gasteiger partial charge in [-0.2, -0.15) is 5.10 Å². The predicted octanol–water partition coefficient (Wildman–Crippen LogP) is 3.50. The van der Waals surface area contributed by atoms with Crippen LogP contribution in [0.15, 0.2) is 55.0 Å². The minimum absolute atomic E-state index is 0.646. The molecule has 5 heterocycles. The van der Waals surface area contributed by atoms with Crippen LogP contribution in [0.3, 0.4) is 0 Å². The van der Waals surface area contributed by atoms with Crippen molar-refractivity contribution in [3.63, 3.8) is 0 Å². The number of pyridine rings is 2. The highest BCUT2D eigenvalue weighted by Gasteiger charge is 2.19. The van der Waals surface area contributed by atoms with Gasteiger partial charge in [-0.25, -0.2) is 4.98 Å². The summed E-state index contributed by atoms with van der Waals surface area (Å²) in [6.07, 6.45) is 5.36. The van der Waals surface area contributed by atoms with E-state index in [0.717, 1.165) is 70.6 Å². The molecular weight excluding hydrogens is 400 g/mol. The highest BCUT2D eigenvalue weighted by atomic mass is 15.2. The number of H-pyrrole nitrogens is 2. The van der Waals surface area contributed by atoms with Crippen molar-refractivity contribution in [2.75, 3.05) is 43.9 Å². The van der Waals surface area contributed by atoms with Crippen LogP contribution in [0.2, 0.25) is 0 Å². The van der Waals surface area contributed by atoms with E-state index in [0.29, 0.717) is 5.69 Å². The smallest absolute Gasteiger partial charge is 0.139 e. The van der Waals surface area contributed by atoms with E-state index in [4.69, 9.17) is 5.73 Å². The number of benzene rings is 1. The van der Waals surface area contributed by atoms with Crippen LogP contribution in [-0.2, 0) is 0 Å².